The second-order valence-electron chi connectivity index (χ2n) is 11.3. The molecule has 3 rings (SSSR count). The molecule has 7 heteroatoms. The average molecular weight is 469 g/mol. The molecule has 2 N–H and O–H groups in total. The second-order valence-corrected chi connectivity index (χ2v) is 11.3. The zero-order valence-corrected chi connectivity index (χ0v) is 22.3. The zero-order chi connectivity index (χ0) is 24.0. The number of ether oxygens (including phenoxy) is 3. The predicted molar refractivity (Wildman–Crippen MR) is 135 cm³/mol. The Labute approximate surface area is 203 Å². The van der Waals surface area contributed by atoms with Gasteiger partial charge in [-0.15, -0.1) is 0 Å². The van der Waals surface area contributed by atoms with Crippen molar-refractivity contribution in [2.24, 2.45) is 5.73 Å². The maximum absolute atomic E-state index is 7.28. The summed E-state index contributed by atoms with van der Waals surface area (Å²) in [5, 5.41) is 0. The van der Waals surface area contributed by atoms with E-state index in [1.165, 1.54) is 0 Å². The smallest absolute Gasteiger partial charge is 0.0703 e. The molecule has 3 aliphatic rings. The van der Waals surface area contributed by atoms with Gasteiger partial charge >= 0.3 is 0 Å². The largest absolute Gasteiger partial charge is 0.373 e. The Kier molecular flexibility index (Phi) is 10.4. The fourth-order valence-corrected chi connectivity index (χ4v) is 6.01. The van der Waals surface area contributed by atoms with Crippen LogP contribution < -0.4 is 5.73 Å². The molecule has 0 radical (unpaired) electrons. The molecular weight excluding hydrogens is 416 g/mol. The molecule has 33 heavy (non-hydrogen) atoms. The number of nitrogens with zero attached hydrogens (tertiary/aromatic N) is 3. The summed E-state index contributed by atoms with van der Waals surface area (Å²) >= 11 is 0. The van der Waals surface area contributed by atoms with E-state index in [4.69, 9.17) is 19.9 Å². The van der Waals surface area contributed by atoms with Crippen LogP contribution in [0, 0.1) is 0 Å². The minimum absolute atomic E-state index is 0.205. The Bertz CT molecular complexity index is 518. The van der Waals surface area contributed by atoms with Gasteiger partial charge in [-0.1, -0.05) is 13.8 Å². The summed E-state index contributed by atoms with van der Waals surface area (Å²) in [6, 6.07) is 0. The summed E-state index contributed by atoms with van der Waals surface area (Å²) in [6.07, 6.45) is 6.03. The molecule has 6 unspecified atom stereocenters. The summed E-state index contributed by atoms with van der Waals surface area (Å²) in [5.74, 6) is 0. The van der Waals surface area contributed by atoms with Gasteiger partial charge < -0.3 is 19.9 Å². The van der Waals surface area contributed by atoms with Gasteiger partial charge in [-0.3, -0.25) is 14.7 Å². The monoisotopic (exact) mass is 468 g/mol. The standard InChI is InChI=1S/C26H52N4O3/c1-7-24-17-30(18-25(8-2)33-24)19-26(27,9-11-28-13-20(3)31-21(4)14-28)10-12-29-15-22(5)32-23(6)16-29/h20-25H,7-19,27H2,1-6H3. The van der Waals surface area contributed by atoms with Crippen molar-refractivity contribution >= 4 is 0 Å². The molecule has 3 saturated heterocycles. The van der Waals surface area contributed by atoms with Crippen LogP contribution >= 0.6 is 0 Å². The molecule has 0 aromatic heterocycles. The van der Waals surface area contributed by atoms with Gasteiger partial charge in [0.25, 0.3) is 0 Å². The molecule has 0 amide bonds. The minimum Gasteiger partial charge on any atom is -0.373 e. The van der Waals surface area contributed by atoms with Gasteiger partial charge in [0.1, 0.15) is 0 Å². The van der Waals surface area contributed by atoms with Gasteiger partial charge in [0, 0.05) is 64.4 Å². The molecule has 0 saturated carbocycles. The summed E-state index contributed by atoms with van der Waals surface area (Å²) in [4.78, 5) is 7.71. The van der Waals surface area contributed by atoms with Crippen molar-refractivity contribution < 1.29 is 14.2 Å². The van der Waals surface area contributed by atoms with Crippen molar-refractivity contribution in [2.45, 2.75) is 109 Å². The summed E-state index contributed by atoms with van der Waals surface area (Å²) in [5.41, 5.74) is 7.07. The molecule has 7 nitrogen and oxygen atoms in total. The maximum atomic E-state index is 7.28. The van der Waals surface area contributed by atoms with Crippen LogP contribution in [0.3, 0.4) is 0 Å². The molecule has 0 aromatic carbocycles. The summed E-state index contributed by atoms with van der Waals surface area (Å²) < 4.78 is 18.2. The molecule has 6 atom stereocenters. The number of rotatable bonds is 10. The number of nitrogens with two attached hydrogens (primary N) is 1. The van der Waals surface area contributed by atoms with Crippen molar-refractivity contribution in [1.82, 2.24) is 14.7 Å². The number of hydrogen-bond acceptors (Lipinski definition) is 7. The van der Waals surface area contributed by atoms with Crippen LogP contribution in [0.15, 0.2) is 0 Å². The van der Waals surface area contributed by atoms with Crippen LogP contribution in [0.25, 0.3) is 0 Å². The summed E-state index contributed by atoms with van der Waals surface area (Å²) in [6.45, 7) is 22.3. The van der Waals surface area contributed by atoms with E-state index in [1.807, 2.05) is 0 Å². The topological polar surface area (TPSA) is 63.4 Å². The van der Waals surface area contributed by atoms with E-state index < -0.39 is 0 Å². The molecule has 3 heterocycles. The Balaban J connectivity index is 1.63. The Morgan fingerprint density at radius 3 is 1.39 bits per heavy atom. The van der Waals surface area contributed by atoms with Crippen LogP contribution in [-0.4, -0.2) is 116 Å². The quantitative estimate of drug-likeness (QED) is 0.529. The minimum atomic E-state index is -0.205. The lowest BCUT2D eigenvalue weighted by molar-refractivity contribution is -0.0944. The average Bonchev–Trinajstić information content (AvgIpc) is 2.75. The van der Waals surface area contributed by atoms with E-state index in [-0.39, 0.29) is 5.54 Å². The first-order chi connectivity index (χ1) is 15.7. The molecule has 3 fully saturated rings. The molecule has 0 spiro atoms. The molecule has 3 aliphatic heterocycles. The fourth-order valence-electron chi connectivity index (χ4n) is 6.01. The van der Waals surface area contributed by atoms with Gasteiger partial charge in [0.05, 0.1) is 36.6 Å². The third kappa shape index (κ3) is 8.71. The van der Waals surface area contributed by atoms with E-state index in [9.17, 15) is 0 Å². The first-order valence-corrected chi connectivity index (χ1v) is 13.6. The van der Waals surface area contributed by atoms with Crippen molar-refractivity contribution in [3.63, 3.8) is 0 Å². The third-order valence-electron chi connectivity index (χ3n) is 7.60. The molecule has 0 aromatic rings. The van der Waals surface area contributed by atoms with Crippen LogP contribution in [0.2, 0.25) is 0 Å². The highest BCUT2D eigenvalue weighted by Crippen LogP contribution is 2.23. The fraction of sp³-hybridized carbons (Fsp3) is 1.00. The van der Waals surface area contributed by atoms with E-state index in [2.05, 4.69) is 56.2 Å². The highest BCUT2D eigenvalue weighted by Gasteiger charge is 2.35. The Morgan fingerprint density at radius 2 is 1.03 bits per heavy atom. The first kappa shape index (κ1) is 27.3. The van der Waals surface area contributed by atoms with Crippen LogP contribution in [0.4, 0.5) is 0 Å². The Morgan fingerprint density at radius 1 is 0.636 bits per heavy atom. The van der Waals surface area contributed by atoms with Crippen molar-refractivity contribution in [1.29, 1.82) is 0 Å². The molecule has 194 valence electrons. The van der Waals surface area contributed by atoms with E-state index in [1.54, 1.807) is 0 Å². The SMILES string of the molecule is CCC1CN(CC(N)(CCN2CC(C)OC(C)C2)CCN2CC(C)OC(C)C2)CC(CC)O1. The third-order valence-corrected chi connectivity index (χ3v) is 7.60. The van der Waals surface area contributed by atoms with Crippen LogP contribution in [0.1, 0.15) is 67.2 Å². The predicted octanol–water partition coefficient (Wildman–Crippen LogP) is 2.57. The van der Waals surface area contributed by atoms with E-state index in [0.29, 0.717) is 36.6 Å². The second kappa shape index (κ2) is 12.6. The highest BCUT2D eigenvalue weighted by molar-refractivity contribution is 4.93. The molecule has 0 aliphatic carbocycles. The number of hydrogen-bond donors (Lipinski definition) is 1. The van der Waals surface area contributed by atoms with Gasteiger partial charge in [0.2, 0.25) is 0 Å². The van der Waals surface area contributed by atoms with Crippen molar-refractivity contribution in [3.05, 3.63) is 0 Å². The summed E-state index contributed by atoms with van der Waals surface area (Å²) in [7, 11) is 0. The van der Waals surface area contributed by atoms with Gasteiger partial charge in [-0.25, -0.2) is 0 Å². The number of morpholine rings is 3. The first-order valence-electron chi connectivity index (χ1n) is 13.6. The maximum Gasteiger partial charge on any atom is 0.0703 e. The molecular formula is C26H52N4O3. The van der Waals surface area contributed by atoms with Crippen molar-refractivity contribution in [2.75, 3.05) is 58.9 Å². The Hall–Kier alpha value is -0.280. The van der Waals surface area contributed by atoms with Crippen molar-refractivity contribution in [3.8, 4) is 0 Å². The van der Waals surface area contributed by atoms with Gasteiger partial charge in [0.15, 0.2) is 0 Å². The van der Waals surface area contributed by atoms with E-state index in [0.717, 1.165) is 84.6 Å². The lowest BCUT2D eigenvalue weighted by Crippen LogP contribution is -2.59. The lowest BCUT2D eigenvalue weighted by Gasteiger charge is -2.44. The van der Waals surface area contributed by atoms with Crippen LogP contribution in [-0.2, 0) is 14.2 Å². The van der Waals surface area contributed by atoms with Crippen LogP contribution in [0.5, 0.6) is 0 Å². The zero-order valence-electron chi connectivity index (χ0n) is 22.3. The van der Waals surface area contributed by atoms with Gasteiger partial charge in [-0.2, -0.15) is 0 Å². The molecule has 0 bridgehead atoms. The normalized spacial score (nSPS) is 37.2. The van der Waals surface area contributed by atoms with E-state index >= 15 is 0 Å². The highest BCUT2D eigenvalue weighted by atomic mass is 16.5. The lowest BCUT2D eigenvalue weighted by atomic mass is 9.89. The van der Waals surface area contributed by atoms with Gasteiger partial charge in [-0.05, 0) is 53.4 Å².